The van der Waals surface area contributed by atoms with E-state index in [1.807, 2.05) is 25.1 Å². The minimum absolute atomic E-state index is 0.258. The van der Waals surface area contributed by atoms with Gasteiger partial charge in [0.05, 0.1) is 21.1 Å². The Balaban J connectivity index is 1.92. The van der Waals surface area contributed by atoms with Crippen molar-refractivity contribution in [3.05, 3.63) is 46.0 Å². The van der Waals surface area contributed by atoms with Crippen molar-refractivity contribution in [1.29, 1.82) is 0 Å². The van der Waals surface area contributed by atoms with Crippen LogP contribution >= 0.6 is 35.6 Å². The molecule has 0 bridgehead atoms. The molecule has 2 heterocycles. The highest BCUT2D eigenvalue weighted by molar-refractivity contribution is 8.26. The lowest BCUT2D eigenvalue weighted by atomic mass is 10.1. The molecule has 2 aromatic rings. The smallest absolute Gasteiger partial charge is 0.326 e. The number of carbonyl (C=O) groups is 2. The van der Waals surface area contributed by atoms with Crippen molar-refractivity contribution >= 4 is 68.8 Å². The molecule has 8 heteroatoms. The van der Waals surface area contributed by atoms with E-state index in [1.165, 1.54) is 4.90 Å². The summed E-state index contributed by atoms with van der Waals surface area (Å²) >= 11 is 12.6. The van der Waals surface area contributed by atoms with E-state index in [9.17, 15) is 14.7 Å². The van der Waals surface area contributed by atoms with Gasteiger partial charge in [-0.3, -0.25) is 9.69 Å². The molecule has 1 N–H and O–H groups in total. The summed E-state index contributed by atoms with van der Waals surface area (Å²) in [6, 6.07) is 8.23. The first-order chi connectivity index (χ1) is 12.9. The molecule has 1 atom stereocenters. The van der Waals surface area contributed by atoms with Crippen molar-refractivity contribution in [3.8, 4) is 0 Å². The SMILES string of the molecule is CCCCC(C(=O)O)N1C(=O)C(=Cc2ccc3cccc(Cl)c3n2)SC1=S. The molecule has 1 unspecified atom stereocenters. The van der Waals surface area contributed by atoms with Crippen LogP contribution in [-0.2, 0) is 9.59 Å². The Labute approximate surface area is 171 Å². The molecule has 1 aliphatic heterocycles. The number of thioether (sulfide) groups is 1. The molecule has 1 fully saturated rings. The standard InChI is InChI=1S/C19H17ClN2O3S2/c1-2-3-7-14(18(24)25)22-17(23)15(27-19(22)26)10-12-9-8-11-5-4-6-13(20)16(11)21-12/h4-6,8-10,14H,2-3,7H2,1H3,(H,24,25). The maximum atomic E-state index is 12.8. The molecule has 0 spiro atoms. The number of unbranched alkanes of at least 4 members (excludes halogenated alkanes) is 1. The number of nitrogens with zero attached hydrogens (tertiary/aromatic N) is 2. The van der Waals surface area contributed by atoms with Gasteiger partial charge in [0.25, 0.3) is 5.91 Å². The normalized spacial score (nSPS) is 17.1. The Morgan fingerprint density at radius 3 is 2.89 bits per heavy atom. The molecule has 1 aromatic heterocycles. The third-order valence-electron chi connectivity index (χ3n) is 4.22. The highest BCUT2D eigenvalue weighted by atomic mass is 35.5. The largest absolute Gasteiger partial charge is 0.480 e. The molecule has 1 aliphatic rings. The summed E-state index contributed by atoms with van der Waals surface area (Å²) in [7, 11) is 0. The van der Waals surface area contributed by atoms with Gasteiger partial charge >= 0.3 is 5.97 Å². The number of halogens is 1. The molecule has 0 radical (unpaired) electrons. The van der Waals surface area contributed by atoms with Gasteiger partial charge in [-0.05, 0) is 24.6 Å². The third-order valence-corrected chi connectivity index (χ3v) is 5.86. The van der Waals surface area contributed by atoms with Gasteiger partial charge in [0.2, 0.25) is 0 Å². The first kappa shape index (κ1) is 19.8. The van der Waals surface area contributed by atoms with Crippen LogP contribution in [0.25, 0.3) is 17.0 Å². The highest BCUT2D eigenvalue weighted by Crippen LogP contribution is 2.35. The molecule has 0 aliphatic carbocycles. The van der Waals surface area contributed by atoms with Crippen molar-refractivity contribution in [3.63, 3.8) is 0 Å². The third kappa shape index (κ3) is 4.15. The summed E-state index contributed by atoms with van der Waals surface area (Å²) in [5, 5.41) is 10.9. The maximum absolute atomic E-state index is 12.8. The van der Waals surface area contributed by atoms with Gasteiger partial charge in [-0.1, -0.05) is 73.5 Å². The van der Waals surface area contributed by atoms with Gasteiger partial charge in [-0.2, -0.15) is 0 Å². The van der Waals surface area contributed by atoms with E-state index in [1.54, 1.807) is 18.2 Å². The van der Waals surface area contributed by atoms with Crippen LogP contribution in [0.1, 0.15) is 31.9 Å². The van der Waals surface area contributed by atoms with Crippen LogP contribution in [0.2, 0.25) is 5.02 Å². The Morgan fingerprint density at radius 1 is 1.41 bits per heavy atom. The zero-order valence-electron chi connectivity index (χ0n) is 14.5. The minimum atomic E-state index is -1.04. The zero-order chi connectivity index (χ0) is 19.6. The van der Waals surface area contributed by atoms with E-state index in [2.05, 4.69) is 4.98 Å². The summed E-state index contributed by atoms with van der Waals surface area (Å²) < 4.78 is 0.258. The summed E-state index contributed by atoms with van der Waals surface area (Å²) in [6.07, 6.45) is 3.55. The van der Waals surface area contributed by atoms with E-state index in [0.29, 0.717) is 34.0 Å². The molecular weight excluding hydrogens is 404 g/mol. The van der Waals surface area contributed by atoms with Crippen molar-refractivity contribution < 1.29 is 14.7 Å². The molecule has 3 rings (SSSR count). The number of aromatic nitrogens is 1. The van der Waals surface area contributed by atoms with E-state index in [0.717, 1.165) is 23.6 Å². The lowest BCUT2D eigenvalue weighted by Gasteiger charge is -2.22. The van der Waals surface area contributed by atoms with Crippen LogP contribution in [0.5, 0.6) is 0 Å². The summed E-state index contributed by atoms with van der Waals surface area (Å²) in [5.74, 6) is -1.44. The van der Waals surface area contributed by atoms with Crippen LogP contribution in [0.15, 0.2) is 35.2 Å². The van der Waals surface area contributed by atoms with Crippen LogP contribution in [-0.4, -0.2) is 37.2 Å². The Bertz CT molecular complexity index is 961. The topological polar surface area (TPSA) is 70.5 Å². The number of aliphatic carboxylic acids is 1. The summed E-state index contributed by atoms with van der Waals surface area (Å²) in [4.78, 5) is 30.5. The predicted molar refractivity (Wildman–Crippen MR) is 113 cm³/mol. The summed E-state index contributed by atoms with van der Waals surface area (Å²) in [6.45, 7) is 1.97. The second-order valence-corrected chi connectivity index (χ2v) is 8.18. The fourth-order valence-corrected chi connectivity index (χ4v) is 4.42. The first-order valence-electron chi connectivity index (χ1n) is 8.47. The molecule has 1 amide bonds. The Kier molecular flexibility index (Phi) is 6.14. The fraction of sp³-hybridized carbons (Fsp3) is 0.263. The molecule has 27 heavy (non-hydrogen) atoms. The molecule has 1 aromatic carbocycles. The van der Waals surface area contributed by atoms with Crippen LogP contribution in [0.4, 0.5) is 0 Å². The Morgan fingerprint density at radius 2 is 2.19 bits per heavy atom. The number of para-hydroxylation sites is 1. The van der Waals surface area contributed by atoms with Crippen LogP contribution in [0.3, 0.4) is 0 Å². The molecule has 140 valence electrons. The Hall–Kier alpha value is -1.96. The average Bonchev–Trinajstić information content (AvgIpc) is 2.90. The van der Waals surface area contributed by atoms with Crippen molar-refractivity contribution in [1.82, 2.24) is 9.88 Å². The van der Waals surface area contributed by atoms with Crippen LogP contribution in [0, 0.1) is 0 Å². The predicted octanol–water partition coefficient (Wildman–Crippen LogP) is 4.73. The minimum Gasteiger partial charge on any atom is -0.480 e. The number of carboxylic acids is 1. The molecular formula is C19H17ClN2O3S2. The molecule has 1 saturated heterocycles. The second kappa shape index (κ2) is 8.37. The number of fused-ring (bicyclic) bond motifs is 1. The summed E-state index contributed by atoms with van der Waals surface area (Å²) in [5.41, 5.74) is 1.21. The number of thiocarbonyl (C=S) groups is 1. The first-order valence-corrected chi connectivity index (χ1v) is 10.1. The van der Waals surface area contributed by atoms with E-state index in [4.69, 9.17) is 23.8 Å². The quantitative estimate of drug-likeness (QED) is 0.538. The lowest BCUT2D eigenvalue weighted by Crippen LogP contribution is -2.43. The maximum Gasteiger partial charge on any atom is 0.326 e. The monoisotopic (exact) mass is 420 g/mol. The number of hydrogen-bond donors (Lipinski definition) is 1. The number of pyridine rings is 1. The number of benzene rings is 1. The van der Waals surface area contributed by atoms with Gasteiger partial charge in [0, 0.05) is 5.39 Å². The second-order valence-electron chi connectivity index (χ2n) is 6.10. The number of rotatable bonds is 6. The lowest BCUT2D eigenvalue weighted by molar-refractivity contribution is -0.145. The highest BCUT2D eigenvalue weighted by Gasteiger charge is 2.40. The van der Waals surface area contributed by atoms with Gasteiger partial charge in [0.1, 0.15) is 10.4 Å². The van der Waals surface area contributed by atoms with Crippen LogP contribution < -0.4 is 0 Å². The number of carbonyl (C=O) groups excluding carboxylic acids is 1. The van der Waals surface area contributed by atoms with Gasteiger partial charge in [0.15, 0.2) is 0 Å². The molecule has 5 nitrogen and oxygen atoms in total. The number of amides is 1. The van der Waals surface area contributed by atoms with E-state index in [-0.39, 0.29) is 4.32 Å². The van der Waals surface area contributed by atoms with Crippen molar-refractivity contribution in [2.24, 2.45) is 0 Å². The average molecular weight is 421 g/mol. The van der Waals surface area contributed by atoms with E-state index < -0.39 is 17.9 Å². The zero-order valence-corrected chi connectivity index (χ0v) is 16.9. The van der Waals surface area contributed by atoms with Gasteiger partial charge < -0.3 is 5.11 Å². The number of carboxylic acid groups (broad SMARTS) is 1. The van der Waals surface area contributed by atoms with Gasteiger partial charge in [-0.15, -0.1) is 0 Å². The van der Waals surface area contributed by atoms with E-state index >= 15 is 0 Å². The van der Waals surface area contributed by atoms with Crippen molar-refractivity contribution in [2.45, 2.75) is 32.2 Å². The van der Waals surface area contributed by atoms with Gasteiger partial charge in [-0.25, -0.2) is 9.78 Å². The van der Waals surface area contributed by atoms with Crippen molar-refractivity contribution in [2.75, 3.05) is 0 Å². The number of hydrogen-bond acceptors (Lipinski definition) is 5. The fourth-order valence-electron chi connectivity index (χ4n) is 2.85. The molecule has 0 saturated carbocycles.